The van der Waals surface area contributed by atoms with Crippen LogP contribution in [0.25, 0.3) is 0 Å². The average molecular weight is 321 g/mol. The summed E-state index contributed by atoms with van der Waals surface area (Å²) in [5.41, 5.74) is -0.883. The number of carbonyl (C=O) groups is 1. The Morgan fingerprint density at radius 2 is 1.79 bits per heavy atom. The predicted octanol–water partition coefficient (Wildman–Crippen LogP) is 3.18. The summed E-state index contributed by atoms with van der Waals surface area (Å²) in [6, 6.07) is 0. The molecular weight excluding hydrogens is 305 g/mol. The van der Waals surface area contributed by atoms with Crippen molar-refractivity contribution in [3.05, 3.63) is 11.6 Å². The maximum Gasteiger partial charge on any atom is 0.345 e. The first-order valence-electron chi connectivity index (χ1n) is 5.42. The molecule has 0 saturated carbocycles. The number of allylic oxidation sites excluding steroid dienone is 1. The second kappa shape index (κ2) is 7.94. The fourth-order valence-corrected chi connectivity index (χ4v) is 3.11. The Balaban J connectivity index is 5.25. The Labute approximate surface area is 115 Å². The summed E-state index contributed by atoms with van der Waals surface area (Å²) in [7, 11) is -2.76. The van der Waals surface area contributed by atoms with E-state index >= 15 is 0 Å². The van der Waals surface area contributed by atoms with Crippen molar-refractivity contribution in [2.45, 2.75) is 19.2 Å². The highest BCUT2D eigenvalue weighted by atomic mass is 35.5. The average Bonchev–Trinajstić information content (AvgIpc) is 2.27. The SMILES string of the molecule is CCOP(=O)(C/C(=C/C(=O)OC)C(F)(F)Cl)OCC. The molecule has 0 aliphatic heterocycles. The van der Waals surface area contributed by atoms with Gasteiger partial charge in [-0.2, -0.15) is 8.78 Å². The summed E-state index contributed by atoms with van der Waals surface area (Å²) in [5.74, 6) is -1.03. The van der Waals surface area contributed by atoms with Crippen molar-refractivity contribution < 1.29 is 31.9 Å². The molecule has 0 atom stereocenters. The fourth-order valence-electron chi connectivity index (χ4n) is 1.15. The molecule has 0 N–H and O–H groups in total. The van der Waals surface area contributed by atoms with E-state index in [1.165, 1.54) is 13.8 Å². The Bertz CT molecular complexity index is 371. The lowest BCUT2D eigenvalue weighted by Crippen LogP contribution is -2.17. The van der Waals surface area contributed by atoms with Gasteiger partial charge >= 0.3 is 18.9 Å². The highest BCUT2D eigenvalue weighted by Crippen LogP contribution is 2.52. The minimum absolute atomic E-state index is 0.0106. The van der Waals surface area contributed by atoms with Crippen LogP contribution in [0.15, 0.2) is 11.6 Å². The van der Waals surface area contributed by atoms with Crippen molar-refractivity contribution in [3.63, 3.8) is 0 Å². The predicted molar refractivity (Wildman–Crippen MR) is 66.6 cm³/mol. The maximum atomic E-state index is 13.2. The molecule has 0 aromatic heterocycles. The Morgan fingerprint density at radius 3 is 2.11 bits per heavy atom. The van der Waals surface area contributed by atoms with Crippen molar-refractivity contribution in [2.75, 3.05) is 26.5 Å². The van der Waals surface area contributed by atoms with Crippen LogP contribution >= 0.6 is 19.2 Å². The minimum Gasteiger partial charge on any atom is -0.466 e. The molecule has 112 valence electrons. The first-order valence-corrected chi connectivity index (χ1v) is 7.53. The molecule has 0 bridgehead atoms. The number of hydrogen-bond acceptors (Lipinski definition) is 5. The van der Waals surface area contributed by atoms with Gasteiger partial charge in [0.1, 0.15) is 0 Å². The lowest BCUT2D eigenvalue weighted by molar-refractivity contribution is -0.135. The van der Waals surface area contributed by atoms with Crippen LogP contribution < -0.4 is 0 Å². The standard InChI is InChI=1S/C10H16ClF2O5P/c1-4-17-19(15,18-5-2)7-8(10(11,12)13)6-9(14)16-3/h6H,4-5,7H2,1-3H3/b8-6-. The number of esters is 1. The first-order chi connectivity index (χ1) is 8.68. The zero-order valence-corrected chi connectivity index (χ0v) is 12.5. The van der Waals surface area contributed by atoms with Gasteiger partial charge < -0.3 is 13.8 Å². The van der Waals surface area contributed by atoms with E-state index in [2.05, 4.69) is 4.74 Å². The van der Waals surface area contributed by atoms with Crippen molar-refractivity contribution in [1.82, 2.24) is 0 Å². The smallest absolute Gasteiger partial charge is 0.345 e. The number of halogens is 3. The zero-order valence-electron chi connectivity index (χ0n) is 10.8. The third-order valence-corrected chi connectivity index (χ3v) is 4.15. The van der Waals surface area contributed by atoms with Crippen LogP contribution in [0.3, 0.4) is 0 Å². The molecule has 5 nitrogen and oxygen atoms in total. The van der Waals surface area contributed by atoms with Gasteiger partial charge in [0.2, 0.25) is 0 Å². The van der Waals surface area contributed by atoms with E-state index in [9.17, 15) is 18.1 Å². The van der Waals surface area contributed by atoms with Crippen molar-refractivity contribution >= 4 is 25.2 Å². The second-order valence-corrected chi connectivity index (χ2v) is 5.82. The van der Waals surface area contributed by atoms with Crippen LogP contribution in [0.5, 0.6) is 0 Å². The third-order valence-electron chi connectivity index (χ3n) is 1.87. The van der Waals surface area contributed by atoms with E-state index in [1.807, 2.05) is 0 Å². The monoisotopic (exact) mass is 320 g/mol. The summed E-state index contributed by atoms with van der Waals surface area (Å²) in [6.07, 6.45) is -0.308. The number of carbonyl (C=O) groups excluding carboxylic acids is 1. The van der Waals surface area contributed by atoms with Crippen LogP contribution in [0.4, 0.5) is 8.78 Å². The zero-order chi connectivity index (χ0) is 15.1. The highest BCUT2D eigenvalue weighted by molar-refractivity contribution is 7.54. The summed E-state index contributed by atoms with van der Waals surface area (Å²) >= 11 is 4.86. The number of hydrogen-bond donors (Lipinski definition) is 0. The maximum absolute atomic E-state index is 13.2. The lowest BCUT2D eigenvalue weighted by Gasteiger charge is -2.20. The first kappa shape index (κ1) is 18.5. The molecule has 19 heavy (non-hydrogen) atoms. The molecular formula is C10H16ClF2O5P. The summed E-state index contributed by atoms with van der Waals surface area (Å²) < 4.78 is 52.4. The van der Waals surface area contributed by atoms with Crippen molar-refractivity contribution in [2.24, 2.45) is 0 Å². The van der Waals surface area contributed by atoms with Gasteiger partial charge in [0.15, 0.2) is 0 Å². The van der Waals surface area contributed by atoms with Crippen molar-refractivity contribution in [1.29, 1.82) is 0 Å². The topological polar surface area (TPSA) is 61.8 Å². The third kappa shape index (κ3) is 7.01. The minimum atomic E-state index is -3.85. The summed E-state index contributed by atoms with van der Waals surface area (Å²) in [4.78, 5) is 11.0. The number of methoxy groups -OCH3 is 1. The second-order valence-electron chi connectivity index (χ2n) is 3.30. The van der Waals surface area contributed by atoms with Crippen LogP contribution in [-0.2, 0) is 23.1 Å². The van der Waals surface area contributed by atoms with Gasteiger partial charge in [0.25, 0.3) is 0 Å². The van der Waals surface area contributed by atoms with Crippen LogP contribution in [0, 0.1) is 0 Å². The van der Waals surface area contributed by atoms with E-state index in [0.717, 1.165) is 7.11 Å². The van der Waals surface area contributed by atoms with E-state index < -0.39 is 30.7 Å². The summed E-state index contributed by atoms with van der Waals surface area (Å²) in [6.45, 7) is 3.09. The molecule has 0 fully saturated rings. The molecule has 0 amide bonds. The van der Waals surface area contributed by atoms with Gasteiger partial charge in [-0.3, -0.25) is 4.57 Å². The Kier molecular flexibility index (Phi) is 7.74. The quantitative estimate of drug-likeness (QED) is 0.297. The van der Waals surface area contributed by atoms with E-state index in [0.29, 0.717) is 6.08 Å². The highest BCUT2D eigenvalue weighted by Gasteiger charge is 2.38. The Morgan fingerprint density at radius 1 is 1.32 bits per heavy atom. The molecule has 0 saturated heterocycles. The van der Waals surface area contributed by atoms with Gasteiger partial charge in [0, 0.05) is 11.6 Å². The molecule has 0 rings (SSSR count). The Hall–Kier alpha value is -0.490. The van der Waals surface area contributed by atoms with Crippen LogP contribution in [-0.4, -0.2) is 37.8 Å². The number of rotatable bonds is 8. The lowest BCUT2D eigenvalue weighted by atomic mass is 10.3. The molecule has 0 unspecified atom stereocenters. The van der Waals surface area contributed by atoms with Crippen molar-refractivity contribution in [3.8, 4) is 0 Å². The summed E-state index contributed by atoms with van der Waals surface area (Å²) in [5, 5.41) is -3.85. The largest absolute Gasteiger partial charge is 0.466 e. The van der Waals surface area contributed by atoms with Gasteiger partial charge in [-0.1, -0.05) is 0 Å². The van der Waals surface area contributed by atoms with E-state index in [-0.39, 0.29) is 13.2 Å². The molecule has 0 aliphatic rings. The van der Waals surface area contributed by atoms with Crippen LogP contribution in [0.1, 0.15) is 13.8 Å². The molecule has 0 radical (unpaired) electrons. The normalized spacial score (nSPS) is 13.5. The molecule has 0 aliphatic carbocycles. The van der Waals surface area contributed by atoms with Crippen LogP contribution in [0.2, 0.25) is 0 Å². The van der Waals surface area contributed by atoms with Gasteiger partial charge in [-0.25, -0.2) is 4.79 Å². The fraction of sp³-hybridized carbons (Fsp3) is 0.700. The molecule has 0 aromatic carbocycles. The van der Waals surface area contributed by atoms with Gasteiger partial charge in [-0.05, 0) is 25.4 Å². The number of alkyl halides is 3. The molecule has 0 spiro atoms. The molecule has 0 aromatic rings. The van der Waals surface area contributed by atoms with E-state index in [1.54, 1.807) is 0 Å². The van der Waals surface area contributed by atoms with E-state index in [4.69, 9.17) is 20.6 Å². The number of ether oxygens (including phenoxy) is 1. The van der Waals surface area contributed by atoms with Gasteiger partial charge in [-0.15, -0.1) is 0 Å². The molecule has 0 heterocycles. The van der Waals surface area contributed by atoms with Gasteiger partial charge in [0.05, 0.1) is 26.5 Å². The molecule has 9 heteroatoms.